The summed E-state index contributed by atoms with van der Waals surface area (Å²) in [6.45, 7) is 0. The molecule has 0 fully saturated rings. The molecule has 1 atom stereocenters. The van der Waals surface area contributed by atoms with Gasteiger partial charge in [0.15, 0.2) is 0 Å². The number of rotatable bonds is 6. The number of benzene rings is 3. The summed E-state index contributed by atoms with van der Waals surface area (Å²) in [4.78, 5) is 0. The molecule has 0 bridgehead atoms. The van der Waals surface area contributed by atoms with Crippen molar-refractivity contribution in [1.29, 1.82) is 0 Å². The van der Waals surface area contributed by atoms with Gasteiger partial charge in [0.25, 0.3) is 0 Å². The number of methoxy groups -OCH3 is 1. The van der Waals surface area contributed by atoms with Crippen LogP contribution in [-0.2, 0) is 0 Å². The summed E-state index contributed by atoms with van der Waals surface area (Å²) in [5.41, 5.74) is 2.26. The van der Waals surface area contributed by atoms with Gasteiger partial charge in [0.1, 0.15) is 17.6 Å². The minimum atomic E-state index is -0.153. The van der Waals surface area contributed by atoms with Gasteiger partial charge >= 0.3 is 0 Å². The Morgan fingerprint density at radius 2 is 1.29 bits per heavy atom. The Hall–Kier alpha value is -3.00. The van der Waals surface area contributed by atoms with Crippen LogP contribution in [0.1, 0.15) is 17.2 Å². The first-order valence-electron chi connectivity index (χ1n) is 7.94. The third-order valence-electron chi connectivity index (χ3n) is 3.71. The van der Waals surface area contributed by atoms with Crippen LogP contribution in [0.3, 0.4) is 0 Å². The van der Waals surface area contributed by atoms with Crippen LogP contribution < -0.4 is 9.47 Å². The second-order valence-electron chi connectivity index (χ2n) is 5.39. The van der Waals surface area contributed by atoms with Crippen LogP contribution in [0.25, 0.3) is 6.08 Å². The van der Waals surface area contributed by atoms with Crippen LogP contribution in [0.2, 0.25) is 0 Å². The topological polar surface area (TPSA) is 18.5 Å². The van der Waals surface area contributed by atoms with E-state index in [0.29, 0.717) is 0 Å². The van der Waals surface area contributed by atoms with Crippen molar-refractivity contribution in [3.8, 4) is 11.5 Å². The van der Waals surface area contributed by atoms with Gasteiger partial charge in [0.05, 0.1) is 7.11 Å². The van der Waals surface area contributed by atoms with Crippen LogP contribution >= 0.6 is 0 Å². The molecule has 0 aliphatic heterocycles. The van der Waals surface area contributed by atoms with Crippen LogP contribution in [0, 0.1) is 0 Å². The van der Waals surface area contributed by atoms with E-state index in [1.807, 2.05) is 60.7 Å². The fourth-order valence-electron chi connectivity index (χ4n) is 2.42. The van der Waals surface area contributed by atoms with E-state index >= 15 is 0 Å². The summed E-state index contributed by atoms with van der Waals surface area (Å²) in [6.07, 6.45) is 4.01. The zero-order chi connectivity index (χ0) is 16.6. The Bertz CT molecular complexity index is 762. The minimum Gasteiger partial charge on any atom is -0.497 e. The van der Waals surface area contributed by atoms with Gasteiger partial charge in [-0.15, -0.1) is 0 Å². The van der Waals surface area contributed by atoms with E-state index in [9.17, 15) is 0 Å². The van der Waals surface area contributed by atoms with Gasteiger partial charge in [-0.1, -0.05) is 66.7 Å². The highest BCUT2D eigenvalue weighted by atomic mass is 16.5. The third-order valence-corrected chi connectivity index (χ3v) is 3.71. The smallest absolute Gasteiger partial charge is 0.142 e. The highest BCUT2D eigenvalue weighted by Gasteiger charge is 2.09. The highest BCUT2D eigenvalue weighted by Crippen LogP contribution is 2.25. The van der Waals surface area contributed by atoms with Gasteiger partial charge < -0.3 is 9.47 Å². The molecule has 0 saturated heterocycles. The zero-order valence-corrected chi connectivity index (χ0v) is 13.6. The molecule has 0 saturated carbocycles. The standard InChI is InChI=1S/C22H20O2/c1-23-20-13-15-21(16-14-20)24-22(19-10-6-3-7-11-19)17-12-18-8-4-2-5-9-18/h2-17,22H,1H3/b17-12+/t22-/m1/s1. The molecular formula is C22H20O2. The summed E-state index contributed by atoms with van der Waals surface area (Å²) in [7, 11) is 1.66. The van der Waals surface area contributed by atoms with Crippen molar-refractivity contribution in [2.24, 2.45) is 0 Å². The number of ether oxygens (including phenoxy) is 2. The Morgan fingerprint density at radius 3 is 1.92 bits per heavy atom. The molecule has 3 rings (SSSR count). The minimum absolute atomic E-state index is 0.153. The van der Waals surface area contributed by atoms with Crippen LogP contribution in [-0.4, -0.2) is 7.11 Å². The van der Waals surface area contributed by atoms with Gasteiger partial charge in [0, 0.05) is 0 Å². The lowest BCUT2D eigenvalue weighted by Gasteiger charge is -2.16. The van der Waals surface area contributed by atoms with Crippen LogP contribution in [0.15, 0.2) is 91.0 Å². The van der Waals surface area contributed by atoms with Crippen LogP contribution in [0.4, 0.5) is 0 Å². The monoisotopic (exact) mass is 316 g/mol. The zero-order valence-electron chi connectivity index (χ0n) is 13.6. The van der Waals surface area contributed by atoms with E-state index in [0.717, 1.165) is 22.6 Å². The van der Waals surface area contributed by atoms with E-state index in [4.69, 9.17) is 9.47 Å². The second kappa shape index (κ2) is 8.02. The largest absolute Gasteiger partial charge is 0.497 e. The molecule has 0 amide bonds. The van der Waals surface area contributed by atoms with Crippen molar-refractivity contribution in [2.75, 3.05) is 7.11 Å². The summed E-state index contributed by atoms with van der Waals surface area (Å²) >= 11 is 0. The van der Waals surface area contributed by atoms with Gasteiger partial charge in [-0.2, -0.15) is 0 Å². The van der Waals surface area contributed by atoms with Crippen molar-refractivity contribution in [3.05, 3.63) is 102 Å². The summed E-state index contributed by atoms with van der Waals surface area (Å²) in [5.74, 6) is 1.63. The van der Waals surface area contributed by atoms with Gasteiger partial charge in [0.2, 0.25) is 0 Å². The normalized spacial score (nSPS) is 12.0. The summed E-state index contributed by atoms with van der Waals surface area (Å²) < 4.78 is 11.4. The maximum Gasteiger partial charge on any atom is 0.142 e. The predicted molar refractivity (Wildman–Crippen MR) is 98.3 cm³/mol. The van der Waals surface area contributed by atoms with Gasteiger partial charge in [-0.25, -0.2) is 0 Å². The molecule has 2 heteroatoms. The lowest BCUT2D eigenvalue weighted by molar-refractivity contribution is 0.256. The van der Waals surface area contributed by atoms with Crippen molar-refractivity contribution < 1.29 is 9.47 Å². The fourth-order valence-corrected chi connectivity index (χ4v) is 2.42. The first-order valence-corrected chi connectivity index (χ1v) is 7.94. The summed E-state index contributed by atoms with van der Waals surface area (Å²) in [6, 6.07) is 28.1. The molecule has 3 aromatic carbocycles. The molecular weight excluding hydrogens is 296 g/mol. The van der Waals surface area contributed by atoms with E-state index in [-0.39, 0.29) is 6.10 Å². The van der Waals surface area contributed by atoms with Crippen molar-refractivity contribution in [2.45, 2.75) is 6.10 Å². The number of hydrogen-bond donors (Lipinski definition) is 0. The first kappa shape index (κ1) is 15.9. The molecule has 0 aliphatic rings. The molecule has 0 N–H and O–H groups in total. The second-order valence-corrected chi connectivity index (χ2v) is 5.39. The van der Waals surface area contributed by atoms with E-state index in [1.54, 1.807) is 7.11 Å². The molecule has 3 aromatic rings. The van der Waals surface area contributed by atoms with Crippen molar-refractivity contribution >= 4 is 6.08 Å². The molecule has 0 heterocycles. The Balaban J connectivity index is 1.83. The van der Waals surface area contributed by atoms with Gasteiger partial charge in [-0.3, -0.25) is 0 Å². The lowest BCUT2D eigenvalue weighted by Crippen LogP contribution is -2.04. The third kappa shape index (κ3) is 4.26. The molecule has 2 nitrogen and oxygen atoms in total. The quantitative estimate of drug-likeness (QED) is 0.595. The summed E-state index contributed by atoms with van der Waals surface area (Å²) in [5, 5.41) is 0. The van der Waals surface area contributed by atoms with E-state index < -0.39 is 0 Å². The molecule has 0 spiro atoms. The molecule has 24 heavy (non-hydrogen) atoms. The number of hydrogen-bond acceptors (Lipinski definition) is 2. The molecule has 120 valence electrons. The average molecular weight is 316 g/mol. The maximum atomic E-state index is 6.18. The fraction of sp³-hybridized carbons (Fsp3) is 0.0909. The molecule has 0 unspecified atom stereocenters. The maximum absolute atomic E-state index is 6.18. The molecule has 0 radical (unpaired) electrons. The SMILES string of the molecule is COc1ccc(O[C@H](/C=C/c2ccccc2)c2ccccc2)cc1. The first-order chi connectivity index (χ1) is 11.8. The molecule has 0 aromatic heterocycles. The lowest BCUT2D eigenvalue weighted by atomic mass is 10.1. The molecule has 0 aliphatic carbocycles. The average Bonchev–Trinajstić information content (AvgIpc) is 2.67. The van der Waals surface area contributed by atoms with Crippen molar-refractivity contribution in [1.82, 2.24) is 0 Å². The van der Waals surface area contributed by atoms with E-state index in [1.165, 1.54) is 0 Å². The van der Waals surface area contributed by atoms with Gasteiger partial charge in [-0.05, 0) is 41.5 Å². The van der Waals surface area contributed by atoms with E-state index in [2.05, 4.69) is 36.4 Å². The Labute approximate surface area is 143 Å². The van der Waals surface area contributed by atoms with Crippen molar-refractivity contribution in [3.63, 3.8) is 0 Å². The highest BCUT2D eigenvalue weighted by molar-refractivity contribution is 5.50. The Morgan fingerprint density at radius 1 is 0.708 bits per heavy atom. The van der Waals surface area contributed by atoms with Crippen LogP contribution in [0.5, 0.6) is 11.5 Å². The Kier molecular flexibility index (Phi) is 5.31. The predicted octanol–water partition coefficient (Wildman–Crippen LogP) is 5.53.